The molecule has 0 saturated carbocycles. The fourth-order valence-electron chi connectivity index (χ4n) is 1.75. The van der Waals surface area contributed by atoms with Crippen molar-refractivity contribution in [3.63, 3.8) is 0 Å². The highest BCUT2D eigenvalue weighted by Crippen LogP contribution is 2.06. The van der Waals surface area contributed by atoms with Crippen molar-refractivity contribution in [1.82, 2.24) is 10.2 Å². The minimum atomic E-state index is -0.0991. The Morgan fingerprint density at radius 3 is 2.50 bits per heavy atom. The lowest BCUT2D eigenvalue weighted by Crippen LogP contribution is -2.29. The van der Waals surface area contributed by atoms with Crippen LogP contribution < -0.4 is 11.1 Å². The number of rotatable bonds is 8. The number of nitrogens with two attached hydrogens (primary N) is 1. The number of hydrogen-bond donors (Lipinski definition) is 2. The van der Waals surface area contributed by atoms with Gasteiger partial charge in [-0.25, -0.2) is 0 Å². The minimum absolute atomic E-state index is 0. The Morgan fingerprint density at radius 2 is 2.00 bits per heavy atom. The van der Waals surface area contributed by atoms with Crippen LogP contribution >= 0.6 is 24.8 Å². The van der Waals surface area contributed by atoms with E-state index in [-0.39, 0.29) is 30.7 Å². The summed E-state index contributed by atoms with van der Waals surface area (Å²) in [6.07, 6.45) is 2.40. The van der Waals surface area contributed by atoms with Crippen LogP contribution in [-0.2, 0) is 6.54 Å². The summed E-state index contributed by atoms with van der Waals surface area (Å²) < 4.78 is 5.12. The van der Waals surface area contributed by atoms with Gasteiger partial charge in [0.1, 0.15) is 12.0 Å². The molecule has 0 aliphatic rings. The number of furan rings is 1. The van der Waals surface area contributed by atoms with Gasteiger partial charge in [0.2, 0.25) is 0 Å². The molecule has 7 heteroatoms. The molecule has 3 N–H and O–H groups in total. The first-order valence-electron chi connectivity index (χ1n) is 6.49. The van der Waals surface area contributed by atoms with Gasteiger partial charge in [-0.05, 0) is 32.1 Å². The molecule has 1 heterocycles. The first-order chi connectivity index (χ1) is 8.71. The third-order valence-electron chi connectivity index (χ3n) is 2.95. The molecule has 0 aromatic carbocycles. The van der Waals surface area contributed by atoms with Crippen molar-refractivity contribution in [2.45, 2.75) is 26.8 Å². The Morgan fingerprint density at radius 1 is 1.35 bits per heavy atom. The van der Waals surface area contributed by atoms with Crippen molar-refractivity contribution >= 4 is 30.7 Å². The van der Waals surface area contributed by atoms with Crippen molar-refractivity contribution < 1.29 is 9.21 Å². The molecule has 0 radical (unpaired) electrons. The average Bonchev–Trinajstić information content (AvgIpc) is 2.87. The first-order valence-corrected chi connectivity index (χ1v) is 6.49. The van der Waals surface area contributed by atoms with Crippen LogP contribution in [0.5, 0.6) is 0 Å². The smallest absolute Gasteiger partial charge is 0.254 e. The topological polar surface area (TPSA) is 71.5 Å². The van der Waals surface area contributed by atoms with E-state index < -0.39 is 0 Å². The summed E-state index contributed by atoms with van der Waals surface area (Å²) in [7, 11) is 0. The van der Waals surface area contributed by atoms with Crippen molar-refractivity contribution in [3.05, 3.63) is 23.7 Å². The monoisotopic (exact) mass is 325 g/mol. The van der Waals surface area contributed by atoms with E-state index >= 15 is 0 Å². The predicted molar refractivity (Wildman–Crippen MR) is 85.8 cm³/mol. The molecule has 0 bridgehead atoms. The van der Waals surface area contributed by atoms with Gasteiger partial charge in [-0.2, -0.15) is 0 Å². The third kappa shape index (κ3) is 7.14. The van der Waals surface area contributed by atoms with E-state index in [1.54, 1.807) is 6.07 Å². The number of carbonyl (C=O) groups excluding carboxylic acids is 1. The Labute approximate surface area is 133 Å². The standard InChI is InChI=1S/C13H23N3O2.2ClH/c1-3-16(4-2)7-5-6-15-13(17)11-8-12(9-14)18-10-11;;/h8,10H,3-7,9,14H2,1-2H3,(H,15,17);2*1H. The van der Waals surface area contributed by atoms with Gasteiger partial charge in [0.05, 0.1) is 12.1 Å². The first kappa shape index (κ1) is 21.5. The van der Waals surface area contributed by atoms with Gasteiger partial charge in [0, 0.05) is 6.54 Å². The number of nitrogens with one attached hydrogen (secondary N) is 1. The van der Waals surface area contributed by atoms with E-state index in [0.717, 1.165) is 26.1 Å². The lowest BCUT2D eigenvalue weighted by Gasteiger charge is -2.17. The number of nitrogens with zero attached hydrogens (tertiary/aromatic N) is 1. The Balaban J connectivity index is 0. The molecule has 1 amide bonds. The normalized spacial score (nSPS) is 9.80. The Kier molecular flexibility index (Phi) is 13.0. The minimum Gasteiger partial charge on any atom is -0.467 e. The summed E-state index contributed by atoms with van der Waals surface area (Å²) in [4.78, 5) is 14.1. The number of hydrogen-bond acceptors (Lipinski definition) is 4. The molecule has 0 spiro atoms. The second-order valence-corrected chi connectivity index (χ2v) is 4.14. The van der Waals surface area contributed by atoms with Crippen molar-refractivity contribution in [2.75, 3.05) is 26.2 Å². The largest absolute Gasteiger partial charge is 0.467 e. The van der Waals surface area contributed by atoms with E-state index in [1.807, 2.05) is 0 Å². The number of carbonyl (C=O) groups is 1. The van der Waals surface area contributed by atoms with Crippen molar-refractivity contribution in [1.29, 1.82) is 0 Å². The maximum Gasteiger partial charge on any atom is 0.254 e. The zero-order valence-corrected chi connectivity index (χ0v) is 13.7. The molecule has 1 rings (SSSR count). The summed E-state index contributed by atoms with van der Waals surface area (Å²) in [5.41, 5.74) is 5.96. The molecule has 118 valence electrons. The molecule has 0 aliphatic heterocycles. The van der Waals surface area contributed by atoms with Gasteiger partial charge in [0.15, 0.2) is 0 Å². The van der Waals surface area contributed by atoms with E-state index in [9.17, 15) is 4.79 Å². The lowest BCUT2D eigenvalue weighted by molar-refractivity contribution is 0.0951. The van der Waals surface area contributed by atoms with Gasteiger partial charge in [0.25, 0.3) is 5.91 Å². The average molecular weight is 326 g/mol. The summed E-state index contributed by atoms with van der Waals surface area (Å²) in [5.74, 6) is 0.529. The Hall–Kier alpha value is -0.750. The van der Waals surface area contributed by atoms with E-state index in [4.69, 9.17) is 10.2 Å². The predicted octanol–water partition coefficient (Wildman–Crippen LogP) is 2.04. The lowest BCUT2D eigenvalue weighted by atomic mass is 10.3. The highest BCUT2D eigenvalue weighted by atomic mass is 35.5. The van der Waals surface area contributed by atoms with Gasteiger partial charge in [-0.3, -0.25) is 4.79 Å². The summed E-state index contributed by atoms with van der Waals surface area (Å²) in [6.45, 7) is 8.38. The van der Waals surface area contributed by atoms with Crippen LogP contribution in [0.4, 0.5) is 0 Å². The third-order valence-corrected chi connectivity index (χ3v) is 2.95. The molecule has 5 nitrogen and oxygen atoms in total. The van der Waals surface area contributed by atoms with Crippen LogP contribution in [0.3, 0.4) is 0 Å². The van der Waals surface area contributed by atoms with Gasteiger partial charge in [-0.1, -0.05) is 13.8 Å². The molecular weight excluding hydrogens is 301 g/mol. The van der Waals surface area contributed by atoms with Crippen LogP contribution in [0.2, 0.25) is 0 Å². The van der Waals surface area contributed by atoms with Crippen LogP contribution in [0.1, 0.15) is 36.4 Å². The molecule has 0 aliphatic carbocycles. The number of amides is 1. The maximum atomic E-state index is 11.7. The van der Waals surface area contributed by atoms with Gasteiger partial charge >= 0.3 is 0 Å². The summed E-state index contributed by atoms with van der Waals surface area (Å²) in [6, 6.07) is 1.68. The summed E-state index contributed by atoms with van der Waals surface area (Å²) in [5, 5.41) is 2.87. The van der Waals surface area contributed by atoms with E-state index in [0.29, 0.717) is 24.4 Å². The highest BCUT2D eigenvalue weighted by molar-refractivity contribution is 5.93. The van der Waals surface area contributed by atoms with Crippen molar-refractivity contribution in [2.24, 2.45) is 5.73 Å². The maximum absolute atomic E-state index is 11.7. The van der Waals surface area contributed by atoms with Crippen molar-refractivity contribution in [3.8, 4) is 0 Å². The highest BCUT2D eigenvalue weighted by Gasteiger charge is 2.08. The second-order valence-electron chi connectivity index (χ2n) is 4.14. The molecular formula is C13H25Cl2N3O2. The zero-order valence-electron chi connectivity index (χ0n) is 12.1. The van der Waals surface area contributed by atoms with Crippen LogP contribution in [0.25, 0.3) is 0 Å². The molecule has 0 atom stereocenters. The quantitative estimate of drug-likeness (QED) is 0.717. The molecule has 1 aromatic heterocycles. The van der Waals surface area contributed by atoms with E-state index in [1.165, 1.54) is 6.26 Å². The summed E-state index contributed by atoms with van der Waals surface area (Å²) >= 11 is 0. The fourth-order valence-corrected chi connectivity index (χ4v) is 1.75. The molecule has 0 saturated heterocycles. The zero-order chi connectivity index (χ0) is 13.4. The molecule has 20 heavy (non-hydrogen) atoms. The molecule has 1 aromatic rings. The van der Waals surface area contributed by atoms with Crippen LogP contribution in [-0.4, -0.2) is 37.0 Å². The van der Waals surface area contributed by atoms with Gasteiger partial charge in [-0.15, -0.1) is 24.8 Å². The van der Waals surface area contributed by atoms with E-state index in [2.05, 4.69) is 24.1 Å². The van der Waals surface area contributed by atoms with Gasteiger partial charge < -0.3 is 20.4 Å². The fraction of sp³-hybridized carbons (Fsp3) is 0.615. The van der Waals surface area contributed by atoms with Crippen LogP contribution in [0.15, 0.2) is 16.7 Å². The van der Waals surface area contributed by atoms with Crippen LogP contribution in [0, 0.1) is 0 Å². The molecule has 0 unspecified atom stereocenters. The second kappa shape index (κ2) is 12.0. The SMILES string of the molecule is CCN(CC)CCCNC(=O)c1coc(CN)c1.Cl.Cl. The Bertz CT molecular complexity index is 368. The number of halogens is 2. The molecule has 0 fully saturated rings.